The average molecular weight is 280 g/mol. The molecule has 0 aromatic carbocycles. The summed E-state index contributed by atoms with van der Waals surface area (Å²) in [4.78, 5) is 12.6. The van der Waals surface area contributed by atoms with Crippen LogP contribution < -0.4 is 11.1 Å². The van der Waals surface area contributed by atoms with Crippen LogP contribution in [0.4, 0.5) is 0 Å². The summed E-state index contributed by atoms with van der Waals surface area (Å²) in [5, 5.41) is 3.25. The van der Waals surface area contributed by atoms with E-state index in [0.29, 0.717) is 17.3 Å². The van der Waals surface area contributed by atoms with E-state index in [0.717, 1.165) is 19.4 Å². The van der Waals surface area contributed by atoms with E-state index in [4.69, 9.17) is 5.73 Å². The Balaban J connectivity index is 1.95. The lowest BCUT2D eigenvalue weighted by molar-refractivity contribution is -0.132. The predicted molar refractivity (Wildman–Crippen MR) is 83.2 cm³/mol. The van der Waals surface area contributed by atoms with Crippen LogP contribution in [0.2, 0.25) is 0 Å². The van der Waals surface area contributed by atoms with Crippen LogP contribution in [-0.2, 0) is 4.79 Å². The van der Waals surface area contributed by atoms with E-state index in [1.54, 1.807) is 0 Å². The van der Waals surface area contributed by atoms with E-state index in [1.165, 1.54) is 12.8 Å². The molecule has 20 heavy (non-hydrogen) atoms. The van der Waals surface area contributed by atoms with Crippen molar-refractivity contribution in [3.8, 4) is 0 Å². The summed E-state index contributed by atoms with van der Waals surface area (Å²) < 4.78 is 0. The van der Waals surface area contributed by atoms with Crippen LogP contribution in [0.5, 0.6) is 0 Å². The van der Waals surface area contributed by atoms with Gasteiger partial charge in [-0.25, -0.2) is 0 Å². The second-order valence-corrected chi connectivity index (χ2v) is 8.14. The van der Waals surface area contributed by atoms with Crippen molar-refractivity contribution in [1.82, 2.24) is 5.32 Å². The van der Waals surface area contributed by atoms with Gasteiger partial charge in [-0.15, -0.1) is 0 Å². The molecule has 0 aromatic rings. The van der Waals surface area contributed by atoms with Gasteiger partial charge in [0, 0.05) is 18.5 Å². The number of rotatable bonds is 4. The predicted octanol–water partition coefficient (Wildman–Crippen LogP) is 2.94. The third-order valence-electron chi connectivity index (χ3n) is 6.55. The molecule has 116 valence electrons. The minimum absolute atomic E-state index is 0.00368. The first-order chi connectivity index (χ1) is 9.20. The van der Waals surface area contributed by atoms with Crippen molar-refractivity contribution < 1.29 is 4.79 Å². The second kappa shape index (κ2) is 5.32. The summed E-state index contributed by atoms with van der Waals surface area (Å²) in [7, 11) is 0. The van der Waals surface area contributed by atoms with Gasteiger partial charge in [0.1, 0.15) is 0 Å². The van der Waals surface area contributed by atoms with Gasteiger partial charge in [0.25, 0.3) is 0 Å². The normalized spacial score (nSPS) is 34.9. The maximum atomic E-state index is 12.6. The van der Waals surface area contributed by atoms with Gasteiger partial charge < -0.3 is 11.1 Å². The van der Waals surface area contributed by atoms with Crippen LogP contribution in [-0.4, -0.2) is 18.5 Å². The van der Waals surface area contributed by atoms with Gasteiger partial charge in [-0.2, -0.15) is 0 Å². The first-order valence-electron chi connectivity index (χ1n) is 8.24. The lowest BCUT2D eigenvalue weighted by atomic mass is 9.61. The summed E-state index contributed by atoms with van der Waals surface area (Å²) in [6.45, 7) is 12.0. The maximum Gasteiger partial charge on any atom is 0.223 e. The minimum Gasteiger partial charge on any atom is -0.355 e. The fraction of sp³-hybridized carbons (Fsp3) is 0.941. The molecule has 3 N–H and O–H groups in total. The summed E-state index contributed by atoms with van der Waals surface area (Å²) in [5.41, 5.74) is 6.56. The molecule has 0 aromatic heterocycles. The fourth-order valence-electron chi connectivity index (χ4n) is 3.82. The van der Waals surface area contributed by atoms with Crippen molar-refractivity contribution in [1.29, 1.82) is 0 Å². The van der Waals surface area contributed by atoms with E-state index in [-0.39, 0.29) is 23.3 Å². The molecule has 2 aliphatic rings. The molecule has 1 amide bonds. The Hall–Kier alpha value is -0.570. The molecule has 0 bridgehead atoms. The summed E-state index contributed by atoms with van der Waals surface area (Å²) >= 11 is 0. The Morgan fingerprint density at radius 2 is 1.90 bits per heavy atom. The summed E-state index contributed by atoms with van der Waals surface area (Å²) in [6, 6.07) is 0.236. The van der Waals surface area contributed by atoms with Crippen molar-refractivity contribution in [2.75, 3.05) is 6.54 Å². The zero-order valence-electron chi connectivity index (χ0n) is 13.8. The number of hydrogen-bond acceptors (Lipinski definition) is 2. The van der Waals surface area contributed by atoms with E-state index in [9.17, 15) is 4.79 Å². The van der Waals surface area contributed by atoms with Crippen LogP contribution in [0.3, 0.4) is 0 Å². The fourth-order valence-corrected chi connectivity index (χ4v) is 3.82. The van der Waals surface area contributed by atoms with Gasteiger partial charge >= 0.3 is 0 Å². The Morgan fingerprint density at radius 3 is 2.40 bits per heavy atom. The van der Waals surface area contributed by atoms with Crippen LogP contribution >= 0.6 is 0 Å². The Morgan fingerprint density at radius 1 is 1.30 bits per heavy atom. The van der Waals surface area contributed by atoms with E-state index in [1.807, 2.05) is 0 Å². The number of carbonyl (C=O) groups excluding carboxylic acids is 1. The van der Waals surface area contributed by atoms with Crippen LogP contribution in [0.1, 0.15) is 60.3 Å². The van der Waals surface area contributed by atoms with Gasteiger partial charge in [-0.3, -0.25) is 4.79 Å². The van der Waals surface area contributed by atoms with Gasteiger partial charge in [0.15, 0.2) is 0 Å². The molecular formula is C17H32N2O. The SMILES string of the molecule is CC(C)C1(CNC(=O)C2CCC(N)C(C)C2(C)C)CC1. The molecule has 3 nitrogen and oxygen atoms in total. The highest BCUT2D eigenvalue weighted by atomic mass is 16.1. The number of amides is 1. The van der Waals surface area contributed by atoms with Crippen molar-refractivity contribution in [3.05, 3.63) is 0 Å². The standard InChI is InChI=1S/C17H32N2O/c1-11(2)17(8-9-17)10-19-15(20)13-6-7-14(18)12(3)16(13,4)5/h11-14H,6-10,18H2,1-5H3,(H,19,20). The first kappa shape index (κ1) is 15.8. The third kappa shape index (κ3) is 2.74. The minimum atomic E-state index is -0.00368. The molecule has 0 heterocycles. The lowest BCUT2D eigenvalue weighted by Gasteiger charge is -2.46. The summed E-state index contributed by atoms with van der Waals surface area (Å²) in [5.74, 6) is 1.42. The molecule has 2 rings (SSSR count). The van der Waals surface area contributed by atoms with Gasteiger partial charge in [-0.05, 0) is 48.3 Å². The monoisotopic (exact) mass is 280 g/mol. The Bertz CT molecular complexity index is 371. The molecule has 2 aliphatic carbocycles. The topological polar surface area (TPSA) is 55.1 Å². The smallest absolute Gasteiger partial charge is 0.223 e. The van der Waals surface area contributed by atoms with Crippen LogP contribution in [0, 0.1) is 28.6 Å². The highest BCUT2D eigenvalue weighted by Crippen LogP contribution is 2.51. The van der Waals surface area contributed by atoms with Gasteiger partial charge in [-0.1, -0.05) is 34.6 Å². The molecule has 3 atom stereocenters. The zero-order valence-corrected chi connectivity index (χ0v) is 13.8. The molecule has 0 spiro atoms. The number of nitrogens with one attached hydrogen (secondary N) is 1. The zero-order chi connectivity index (χ0) is 15.1. The Kier molecular flexibility index (Phi) is 4.21. The number of nitrogens with two attached hydrogens (primary N) is 1. The molecule has 2 saturated carbocycles. The van der Waals surface area contributed by atoms with Crippen molar-refractivity contribution in [2.45, 2.75) is 66.3 Å². The third-order valence-corrected chi connectivity index (χ3v) is 6.55. The maximum absolute atomic E-state index is 12.6. The molecule has 0 radical (unpaired) electrons. The molecule has 2 fully saturated rings. The van der Waals surface area contributed by atoms with Crippen molar-refractivity contribution in [2.24, 2.45) is 34.3 Å². The molecule has 0 aliphatic heterocycles. The van der Waals surface area contributed by atoms with Crippen molar-refractivity contribution >= 4 is 5.91 Å². The highest BCUT2D eigenvalue weighted by Gasteiger charge is 2.48. The average Bonchev–Trinajstić information content (AvgIpc) is 3.14. The number of hydrogen-bond donors (Lipinski definition) is 2. The van der Waals surface area contributed by atoms with E-state index < -0.39 is 0 Å². The largest absolute Gasteiger partial charge is 0.355 e. The van der Waals surface area contributed by atoms with Crippen LogP contribution in [0.15, 0.2) is 0 Å². The van der Waals surface area contributed by atoms with Crippen molar-refractivity contribution in [3.63, 3.8) is 0 Å². The highest BCUT2D eigenvalue weighted by molar-refractivity contribution is 5.79. The van der Waals surface area contributed by atoms with E-state index in [2.05, 4.69) is 39.9 Å². The second-order valence-electron chi connectivity index (χ2n) is 8.14. The van der Waals surface area contributed by atoms with Gasteiger partial charge in [0.2, 0.25) is 5.91 Å². The summed E-state index contributed by atoms with van der Waals surface area (Å²) in [6.07, 6.45) is 4.43. The van der Waals surface area contributed by atoms with Crippen LogP contribution in [0.25, 0.3) is 0 Å². The lowest BCUT2D eigenvalue weighted by Crippen LogP contribution is -2.52. The van der Waals surface area contributed by atoms with E-state index >= 15 is 0 Å². The molecule has 3 heteroatoms. The molecular weight excluding hydrogens is 248 g/mol. The first-order valence-corrected chi connectivity index (χ1v) is 8.24. The Labute approximate surface area is 124 Å². The molecule has 0 saturated heterocycles. The number of carbonyl (C=O) groups is 1. The van der Waals surface area contributed by atoms with Gasteiger partial charge in [0.05, 0.1) is 0 Å². The quantitative estimate of drug-likeness (QED) is 0.832. The molecule has 3 unspecified atom stereocenters.